The van der Waals surface area contributed by atoms with Crippen LogP contribution in [0, 0.1) is 0 Å². The molecule has 2 aromatic heterocycles. The van der Waals surface area contributed by atoms with Gasteiger partial charge in [-0.3, -0.25) is 4.90 Å². The van der Waals surface area contributed by atoms with Crippen molar-refractivity contribution < 1.29 is 32.2 Å². The quantitative estimate of drug-likeness (QED) is 0.190. The van der Waals surface area contributed by atoms with Gasteiger partial charge < -0.3 is 23.7 Å². The number of nitrogens with zero attached hydrogens (tertiary/aromatic N) is 6. The molecule has 0 spiro atoms. The van der Waals surface area contributed by atoms with Crippen molar-refractivity contribution in [2.24, 2.45) is 0 Å². The van der Waals surface area contributed by atoms with Gasteiger partial charge in [-0.25, -0.2) is 14.8 Å². The molecule has 1 saturated heterocycles. The van der Waals surface area contributed by atoms with Gasteiger partial charge >= 0.3 is 12.3 Å². The number of ether oxygens (including phenoxy) is 3. The monoisotopic (exact) mass is 674 g/mol. The summed E-state index contributed by atoms with van der Waals surface area (Å²) >= 11 is 6.78. The van der Waals surface area contributed by atoms with Crippen LogP contribution in [0.2, 0.25) is 5.02 Å². The zero-order valence-corrected chi connectivity index (χ0v) is 27.7. The van der Waals surface area contributed by atoms with Crippen molar-refractivity contribution >= 4 is 28.9 Å². The average molecular weight is 675 g/mol. The Morgan fingerprint density at radius 3 is 2.30 bits per heavy atom. The van der Waals surface area contributed by atoms with Crippen LogP contribution >= 0.6 is 11.6 Å². The van der Waals surface area contributed by atoms with Crippen LogP contribution in [-0.2, 0) is 11.3 Å². The molecule has 10 nitrogen and oxygen atoms in total. The minimum absolute atomic E-state index is 0.0823. The largest absolute Gasteiger partial charge is 0.492 e. The number of benzene rings is 2. The first-order valence-electron chi connectivity index (χ1n) is 15.3. The molecule has 14 heteroatoms. The van der Waals surface area contributed by atoms with E-state index in [0.717, 1.165) is 25.7 Å². The number of imidazole rings is 1. The number of hydrogen-bond donors (Lipinski definition) is 0. The molecular weight excluding hydrogens is 637 g/mol. The molecule has 0 atom stereocenters. The van der Waals surface area contributed by atoms with E-state index in [1.165, 1.54) is 0 Å². The molecule has 1 amide bonds. The Kier molecular flexibility index (Phi) is 9.88. The van der Waals surface area contributed by atoms with Crippen LogP contribution < -0.4 is 9.47 Å². The summed E-state index contributed by atoms with van der Waals surface area (Å²) in [5, 5.41) is 0.337. The second kappa shape index (κ2) is 13.6. The highest BCUT2D eigenvalue weighted by Crippen LogP contribution is 2.38. The van der Waals surface area contributed by atoms with E-state index in [2.05, 4.69) is 19.9 Å². The summed E-state index contributed by atoms with van der Waals surface area (Å²) in [4.78, 5) is 29.3. The predicted octanol–water partition coefficient (Wildman–Crippen LogP) is 6.85. The highest BCUT2D eigenvalue weighted by molar-refractivity contribution is 6.33. The van der Waals surface area contributed by atoms with Gasteiger partial charge in [0, 0.05) is 38.3 Å². The molecule has 0 radical (unpaired) electrons. The zero-order chi connectivity index (χ0) is 34.0. The molecule has 5 rings (SSSR count). The van der Waals surface area contributed by atoms with Crippen molar-refractivity contribution in [3.8, 4) is 23.0 Å². The molecule has 1 aliphatic heterocycles. The Hall–Kier alpha value is -4.10. The van der Waals surface area contributed by atoms with Crippen molar-refractivity contribution in [1.29, 1.82) is 0 Å². The first-order valence-corrected chi connectivity index (χ1v) is 15.6. The summed E-state index contributed by atoms with van der Waals surface area (Å²) in [6.45, 7) is 11.3. The summed E-state index contributed by atoms with van der Waals surface area (Å²) in [7, 11) is 0. The highest BCUT2D eigenvalue weighted by atomic mass is 35.5. The van der Waals surface area contributed by atoms with E-state index in [4.69, 9.17) is 25.8 Å². The third-order valence-electron chi connectivity index (χ3n) is 7.60. The number of alkyl halides is 3. The highest BCUT2D eigenvalue weighted by Gasteiger charge is 2.50. The van der Waals surface area contributed by atoms with Gasteiger partial charge in [-0.2, -0.15) is 18.2 Å². The molecule has 2 aromatic carbocycles. The van der Waals surface area contributed by atoms with Gasteiger partial charge in [0.1, 0.15) is 30.1 Å². The van der Waals surface area contributed by atoms with E-state index in [-0.39, 0.29) is 17.5 Å². The van der Waals surface area contributed by atoms with Crippen LogP contribution in [0.5, 0.6) is 11.6 Å². The standard InChI is InChI=1S/C33H38ClF3N6O4/c1-31(2,3)47-30(44)42-15-13-41(14-16-42)17-18-45-23-11-12-24(25(34)19-23)27-40-26-28(43(27)20-22-9-7-6-8-10-22)38-21-39-29(26)46-32(4,5)33(35,36)37/h6-12,19,21H,13-18,20H2,1-5H3. The number of aromatic nitrogens is 4. The van der Waals surface area contributed by atoms with Gasteiger partial charge in [0.05, 0.1) is 11.6 Å². The summed E-state index contributed by atoms with van der Waals surface area (Å²) in [5.41, 5.74) is -1.21. The van der Waals surface area contributed by atoms with Gasteiger partial charge in [-0.15, -0.1) is 0 Å². The minimum atomic E-state index is -4.65. The Bertz CT molecular complexity index is 1700. The summed E-state index contributed by atoms with van der Waals surface area (Å²) in [6.07, 6.45) is -3.79. The summed E-state index contributed by atoms with van der Waals surface area (Å²) in [5.74, 6) is 0.652. The van der Waals surface area contributed by atoms with Crippen LogP contribution in [0.1, 0.15) is 40.2 Å². The fraction of sp³-hybridized carbons (Fsp3) is 0.455. The van der Waals surface area contributed by atoms with E-state index < -0.39 is 17.4 Å². The predicted molar refractivity (Wildman–Crippen MR) is 172 cm³/mol. The van der Waals surface area contributed by atoms with Gasteiger partial charge in [-0.1, -0.05) is 41.9 Å². The molecule has 1 fully saturated rings. The van der Waals surface area contributed by atoms with Crippen LogP contribution in [0.3, 0.4) is 0 Å². The summed E-state index contributed by atoms with van der Waals surface area (Å²) < 4.78 is 59.7. The number of piperazine rings is 1. The molecule has 0 unspecified atom stereocenters. The fourth-order valence-corrected chi connectivity index (χ4v) is 5.21. The van der Waals surface area contributed by atoms with Crippen molar-refractivity contribution in [1.82, 2.24) is 29.3 Å². The van der Waals surface area contributed by atoms with Crippen molar-refractivity contribution in [2.45, 2.75) is 58.5 Å². The lowest BCUT2D eigenvalue weighted by Gasteiger charge is -2.35. The Morgan fingerprint density at radius 2 is 1.66 bits per heavy atom. The van der Waals surface area contributed by atoms with Crippen LogP contribution in [0.15, 0.2) is 54.9 Å². The maximum Gasteiger partial charge on any atom is 0.427 e. The van der Waals surface area contributed by atoms with E-state index in [0.29, 0.717) is 73.7 Å². The fourth-order valence-electron chi connectivity index (χ4n) is 4.95. The molecule has 3 heterocycles. The maximum absolute atomic E-state index is 13.7. The molecule has 47 heavy (non-hydrogen) atoms. The number of halogens is 4. The van der Waals surface area contributed by atoms with E-state index in [1.807, 2.05) is 51.1 Å². The third kappa shape index (κ3) is 8.25. The number of rotatable bonds is 9. The lowest BCUT2D eigenvalue weighted by Crippen LogP contribution is -2.50. The molecule has 1 aliphatic rings. The summed E-state index contributed by atoms with van der Waals surface area (Å²) in [6, 6.07) is 14.7. The van der Waals surface area contributed by atoms with E-state index in [9.17, 15) is 18.0 Å². The van der Waals surface area contributed by atoms with Gasteiger partial charge in [0.15, 0.2) is 16.8 Å². The first-order chi connectivity index (χ1) is 22.1. The smallest absolute Gasteiger partial charge is 0.427 e. The van der Waals surface area contributed by atoms with Gasteiger partial charge in [-0.05, 0) is 58.4 Å². The third-order valence-corrected chi connectivity index (χ3v) is 7.91. The Labute approximate surface area is 276 Å². The second-order valence-electron chi connectivity index (χ2n) is 12.8. The number of carbonyl (C=O) groups excluding carboxylic acids is 1. The number of carbonyl (C=O) groups is 1. The average Bonchev–Trinajstić information content (AvgIpc) is 3.35. The molecule has 0 saturated carbocycles. The molecular formula is C33H38ClF3N6O4. The minimum Gasteiger partial charge on any atom is -0.492 e. The number of amides is 1. The van der Waals surface area contributed by atoms with Gasteiger partial charge in [0.25, 0.3) is 0 Å². The maximum atomic E-state index is 13.7. The molecule has 0 N–H and O–H groups in total. The normalized spacial score (nSPS) is 14.8. The first kappa shape index (κ1) is 34.2. The van der Waals surface area contributed by atoms with E-state index >= 15 is 0 Å². The lowest BCUT2D eigenvalue weighted by molar-refractivity contribution is -0.235. The zero-order valence-electron chi connectivity index (χ0n) is 27.0. The Morgan fingerprint density at radius 1 is 0.957 bits per heavy atom. The molecule has 0 aliphatic carbocycles. The number of fused-ring (bicyclic) bond motifs is 1. The topological polar surface area (TPSA) is 94.8 Å². The van der Waals surface area contributed by atoms with Gasteiger partial charge in [0.2, 0.25) is 5.88 Å². The SMILES string of the molecule is CC(C)(C)OC(=O)N1CCN(CCOc2ccc(-c3nc4c(OC(C)(C)C(F)(F)F)ncnc4n3Cc3ccccc3)c(Cl)c2)CC1. The van der Waals surface area contributed by atoms with Crippen LogP contribution in [0.4, 0.5) is 18.0 Å². The van der Waals surface area contributed by atoms with Crippen molar-refractivity contribution in [3.05, 3.63) is 65.4 Å². The second-order valence-corrected chi connectivity index (χ2v) is 13.2. The molecule has 0 bridgehead atoms. The lowest BCUT2D eigenvalue weighted by atomic mass is 10.1. The van der Waals surface area contributed by atoms with Crippen molar-refractivity contribution in [3.63, 3.8) is 0 Å². The molecule has 4 aromatic rings. The van der Waals surface area contributed by atoms with Crippen LogP contribution in [0.25, 0.3) is 22.6 Å². The van der Waals surface area contributed by atoms with Crippen LogP contribution in [-0.4, -0.2) is 92.1 Å². The number of hydrogen-bond acceptors (Lipinski definition) is 8. The Balaban J connectivity index is 1.33. The van der Waals surface area contributed by atoms with E-state index in [1.54, 1.807) is 27.7 Å². The van der Waals surface area contributed by atoms with Crippen molar-refractivity contribution in [2.75, 3.05) is 39.3 Å². The molecule has 252 valence electrons.